The topological polar surface area (TPSA) is 51.5 Å². The van der Waals surface area contributed by atoms with Gasteiger partial charge in [-0.2, -0.15) is 5.10 Å². The van der Waals surface area contributed by atoms with Crippen LogP contribution in [0.4, 0.5) is 0 Å². The number of ether oxygens (including phenoxy) is 1. The van der Waals surface area contributed by atoms with Gasteiger partial charge >= 0.3 is 0 Å². The minimum Gasteiger partial charge on any atom is -0.476 e. The largest absolute Gasteiger partial charge is 0.476 e. The van der Waals surface area contributed by atoms with E-state index in [9.17, 15) is 0 Å². The fourth-order valence-electron chi connectivity index (χ4n) is 2.21. The molecule has 3 rings (SSSR count). The van der Waals surface area contributed by atoms with Crippen molar-refractivity contribution in [3.63, 3.8) is 0 Å². The van der Waals surface area contributed by atoms with Crippen LogP contribution in [0.15, 0.2) is 24.7 Å². The highest BCUT2D eigenvalue weighted by Gasteiger charge is 2.14. The molecule has 5 heteroatoms. The molecule has 3 heterocycles. The second-order valence-corrected chi connectivity index (χ2v) is 4.42. The van der Waals surface area contributed by atoms with Crippen LogP contribution in [0.1, 0.15) is 12.8 Å². The molecule has 90 valence electrons. The van der Waals surface area contributed by atoms with Crippen LogP contribution in [0, 0.1) is 5.92 Å². The number of piperidine rings is 1. The van der Waals surface area contributed by atoms with Crippen LogP contribution in [0.3, 0.4) is 0 Å². The van der Waals surface area contributed by atoms with Crippen molar-refractivity contribution in [3.8, 4) is 5.88 Å². The van der Waals surface area contributed by atoms with Crippen LogP contribution >= 0.6 is 0 Å². The standard InChI is InChI=1S/C12H16N4O/c1-2-10(8-13-4-1)9-17-12-11-3-5-15-16(11)7-6-14-12/h3,5-7,10,13H,1-2,4,8-9H2. The maximum atomic E-state index is 5.81. The van der Waals surface area contributed by atoms with Gasteiger partial charge in [0.25, 0.3) is 0 Å². The second-order valence-electron chi connectivity index (χ2n) is 4.42. The van der Waals surface area contributed by atoms with Crippen LogP contribution < -0.4 is 10.1 Å². The van der Waals surface area contributed by atoms with E-state index in [1.54, 1.807) is 16.9 Å². The van der Waals surface area contributed by atoms with Crippen LogP contribution in [0.25, 0.3) is 5.52 Å². The molecule has 0 spiro atoms. The Labute approximate surface area is 99.8 Å². The second kappa shape index (κ2) is 4.71. The van der Waals surface area contributed by atoms with Crippen molar-refractivity contribution in [2.75, 3.05) is 19.7 Å². The van der Waals surface area contributed by atoms with Gasteiger partial charge in [0.15, 0.2) is 0 Å². The molecule has 1 unspecified atom stereocenters. The molecule has 1 saturated heterocycles. The number of rotatable bonds is 3. The number of hydrogen-bond acceptors (Lipinski definition) is 4. The fraction of sp³-hybridized carbons (Fsp3) is 0.500. The summed E-state index contributed by atoms with van der Waals surface area (Å²) in [7, 11) is 0. The maximum absolute atomic E-state index is 5.81. The van der Waals surface area contributed by atoms with Gasteiger partial charge in [-0.1, -0.05) is 0 Å². The molecular formula is C12H16N4O. The van der Waals surface area contributed by atoms with Gasteiger partial charge < -0.3 is 10.1 Å². The number of nitrogens with zero attached hydrogens (tertiary/aromatic N) is 3. The van der Waals surface area contributed by atoms with Crippen molar-refractivity contribution < 1.29 is 4.74 Å². The predicted octanol–water partition coefficient (Wildman–Crippen LogP) is 1.11. The summed E-state index contributed by atoms with van der Waals surface area (Å²) in [5.74, 6) is 1.27. The molecule has 0 amide bonds. The van der Waals surface area contributed by atoms with E-state index >= 15 is 0 Å². The SMILES string of the molecule is c1cn2nccc2c(OCC2CCCNC2)n1. The smallest absolute Gasteiger partial charge is 0.240 e. The average Bonchev–Trinajstić information content (AvgIpc) is 2.86. The van der Waals surface area contributed by atoms with E-state index in [-0.39, 0.29) is 0 Å². The molecule has 1 atom stereocenters. The first-order valence-corrected chi connectivity index (χ1v) is 6.05. The van der Waals surface area contributed by atoms with Crippen LogP contribution in [-0.4, -0.2) is 34.3 Å². The minimum absolute atomic E-state index is 0.591. The van der Waals surface area contributed by atoms with Crippen molar-refractivity contribution in [2.45, 2.75) is 12.8 Å². The normalized spacial score (nSPS) is 20.6. The molecule has 1 aliphatic rings. The lowest BCUT2D eigenvalue weighted by molar-refractivity contribution is 0.213. The first-order chi connectivity index (χ1) is 8.43. The zero-order valence-electron chi connectivity index (χ0n) is 9.67. The lowest BCUT2D eigenvalue weighted by Crippen LogP contribution is -2.33. The summed E-state index contributed by atoms with van der Waals surface area (Å²) in [6.45, 7) is 2.90. The molecule has 5 nitrogen and oxygen atoms in total. The molecule has 2 aromatic rings. The lowest BCUT2D eigenvalue weighted by atomic mass is 10.0. The Morgan fingerprint density at radius 1 is 1.47 bits per heavy atom. The Kier molecular flexibility index (Phi) is 2.92. The molecule has 17 heavy (non-hydrogen) atoms. The van der Waals surface area contributed by atoms with E-state index in [1.807, 2.05) is 12.3 Å². The molecule has 0 bridgehead atoms. The first-order valence-electron chi connectivity index (χ1n) is 6.05. The zero-order valence-corrected chi connectivity index (χ0v) is 9.67. The summed E-state index contributed by atoms with van der Waals surface area (Å²) >= 11 is 0. The van der Waals surface area contributed by atoms with Gasteiger partial charge in [0, 0.05) is 24.9 Å². The van der Waals surface area contributed by atoms with Crippen LogP contribution in [-0.2, 0) is 0 Å². The van der Waals surface area contributed by atoms with Crippen molar-refractivity contribution in [1.29, 1.82) is 0 Å². The fourth-order valence-corrected chi connectivity index (χ4v) is 2.21. The molecule has 0 radical (unpaired) electrons. The molecule has 2 aromatic heterocycles. The number of hydrogen-bond donors (Lipinski definition) is 1. The Balaban J connectivity index is 1.69. The Morgan fingerprint density at radius 2 is 2.47 bits per heavy atom. The highest BCUT2D eigenvalue weighted by molar-refractivity contribution is 5.54. The van der Waals surface area contributed by atoms with E-state index in [0.29, 0.717) is 11.8 Å². The summed E-state index contributed by atoms with van der Waals surface area (Å²) < 4.78 is 7.58. The number of fused-ring (bicyclic) bond motifs is 1. The predicted molar refractivity (Wildman–Crippen MR) is 64.1 cm³/mol. The van der Waals surface area contributed by atoms with Gasteiger partial charge in [0.1, 0.15) is 5.52 Å². The third kappa shape index (κ3) is 2.24. The molecule has 0 aliphatic carbocycles. The third-order valence-corrected chi connectivity index (χ3v) is 3.14. The number of nitrogens with one attached hydrogen (secondary N) is 1. The van der Waals surface area contributed by atoms with E-state index in [0.717, 1.165) is 25.2 Å². The molecule has 1 fully saturated rings. The molecule has 0 saturated carbocycles. The van der Waals surface area contributed by atoms with Crippen molar-refractivity contribution >= 4 is 5.52 Å². The van der Waals surface area contributed by atoms with E-state index in [4.69, 9.17) is 4.74 Å². The molecular weight excluding hydrogens is 216 g/mol. The molecule has 1 N–H and O–H groups in total. The summed E-state index contributed by atoms with van der Waals surface area (Å²) in [6.07, 6.45) is 7.76. The lowest BCUT2D eigenvalue weighted by Gasteiger charge is -2.22. The van der Waals surface area contributed by atoms with Gasteiger partial charge in [-0.3, -0.25) is 0 Å². The molecule has 0 aromatic carbocycles. The van der Waals surface area contributed by atoms with E-state index in [2.05, 4.69) is 15.4 Å². The Morgan fingerprint density at radius 3 is 3.35 bits per heavy atom. The maximum Gasteiger partial charge on any atom is 0.240 e. The highest BCUT2D eigenvalue weighted by atomic mass is 16.5. The van der Waals surface area contributed by atoms with Gasteiger partial charge in [-0.15, -0.1) is 0 Å². The van der Waals surface area contributed by atoms with Gasteiger partial charge in [-0.05, 0) is 25.5 Å². The molecule has 1 aliphatic heterocycles. The van der Waals surface area contributed by atoms with Crippen molar-refractivity contribution in [2.24, 2.45) is 5.92 Å². The zero-order chi connectivity index (χ0) is 11.5. The minimum atomic E-state index is 0.591. The first kappa shape index (κ1) is 10.5. The van der Waals surface area contributed by atoms with Crippen molar-refractivity contribution in [3.05, 3.63) is 24.7 Å². The van der Waals surface area contributed by atoms with Crippen LogP contribution in [0.2, 0.25) is 0 Å². The summed E-state index contributed by atoms with van der Waals surface area (Å²) in [6, 6.07) is 1.92. The van der Waals surface area contributed by atoms with Gasteiger partial charge in [-0.25, -0.2) is 9.50 Å². The quantitative estimate of drug-likeness (QED) is 0.861. The van der Waals surface area contributed by atoms with E-state index < -0.39 is 0 Å². The van der Waals surface area contributed by atoms with Gasteiger partial charge in [0.2, 0.25) is 5.88 Å². The summed E-state index contributed by atoms with van der Waals surface area (Å²) in [5.41, 5.74) is 0.927. The Hall–Kier alpha value is -1.62. The third-order valence-electron chi connectivity index (χ3n) is 3.14. The average molecular weight is 232 g/mol. The van der Waals surface area contributed by atoms with E-state index in [1.165, 1.54) is 12.8 Å². The summed E-state index contributed by atoms with van der Waals surface area (Å²) in [5, 5.41) is 7.54. The Bertz CT molecular complexity index is 490. The van der Waals surface area contributed by atoms with Crippen LogP contribution in [0.5, 0.6) is 5.88 Å². The summed E-state index contributed by atoms with van der Waals surface area (Å²) in [4.78, 5) is 4.26. The van der Waals surface area contributed by atoms with Crippen molar-refractivity contribution in [1.82, 2.24) is 19.9 Å². The van der Waals surface area contributed by atoms with Gasteiger partial charge in [0.05, 0.1) is 12.8 Å². The monoisotopic (exact) mass is 232 g/mol. The number of aromatic nitrogens is 3. The highest BCUT2D eigenvalue weighted by Crippen LogP contribution is 2.17.